The molecule has 3 rings (SSSR count). The van der Waals surface area contributed by atoms with E-state index in [2.05, 4.69) is 26.3 Å². The SMILES string of the molecule is C=C(C)COc1ccc(-c2ccc(-c3ccc(OC(=O)C(=C)C)c(OC(=O)C(=C)C)c3)cc2)cc1OCC(=C)C. The van der Waals surface area contributed by atoms with Crippen LogP contribution in [0.4, 0.5) is 0 Å². The summed E-state index contributed by atoms with van der Waals surface area (Å²) in [7, 11) is 0. The highest BCUT2D eigenvalue weighted by Crippen LogP contribution is 2.36. The fourth-order valence-corrected chi connectivity index (χ4v) is 3.40. The van der Waals surface area contributed by atoms with Gasteiger partial charge in [-0.25, -0.2) is 9.59 Å². The Morgan fingerprint density at radius 3 is 1.35 bits per heavy atom. The number of carbonyl (C=O) groups is 2. The quantitative estimate of drug-likeness (QED) is 0.101. The van der Waals surface area contributed by atoms with Crippen LogP contribution < -0.4 is 18.9 Å². The molecule has 0 fully saturated rings. The summed E-state index contributed by atoms with van der Waals surface area (Å²) in [5.74, 6) is 0.226. The standard InChI is InChI=1S/C34H34O6/c1-21(2)19-37-29-15-13-27(17-31(29)38-20-22(3)4)25-9-11-26(12-10-25)28-14-16-30(39-33(35)23(5)6)32(18-28)40-34(36)24(7)8/h9-18H,1,3,5,7,19-20H2,2,4,6,8H3. The van der Waals surface area contributed by atoms with Gasteiger partial charge in [0, 0.05) is 11.1 Å². The van der Waals surface area contributed by atoms with Gasteiger partial charge < -0.3 is 18.9 Å². The van der Waals surface area contributed by atoms with Gasteiger partial charge in [-0.1, -0.05) is 62.7 Å². The van der Waals surface area contributed by atoms with Gasteiger partial charge in [-0.2, -0.15) is 0 Å². The summed E-state index contributed by atoms with van der Waals surface area (Å²) in [6.07, 6.45) is 0. The molecule has 3 aromatic rings. The number of ether oxygens (including phenoxy) is 4. The molecule has 0 spiro atoms. The van der Waals surface area contributed by atoms with Crippen LogP contribution in [0.25, 0.3) is 22.3 Å². The van der Waals surface area contributed by atoms with E-state index < -0.39 is 11.9 Å². The van der Waals surface area contributed by atoms with Crippen molar-refractivity contribution in [2.24, 2.45) is 0 Å². The van der Waals surface area contributed by atoms with E-state index in [4.69, 9.17) is 18.9 Å². The third kappa shape index (κ3) is 8.08. The highest BCUT2D eigenvalue weighted by atomic mass is 16.6. The number of hydrogen-bond donors (Lipinski definition) is 0. The first-order valence-corrected chi connectivity index (χ1v) is 12.6. The van der Waals surface area contributed by atoms with Gasteiger partial charge in [0.1, 0.15) is 13.2 Å². The van der Waals surface area contributed by atoms with Crippen molar-refractivity contribution >= 4 is 11.9 Å². The molecule has 0 aliphatic heterocycles. The number of rotatable bonds is 12. The number of hydrogen-bond acceptors (Lipinski definition) is 6. The van der Waals surface area contributed by atoms with Crippen molar-refractivity contribution in [3.05, 3.63) is 109 Å². The molecule has 0 amide bonds. The van der Waals surface area contributed by atoms with Crippen LogP contribution in [0, 0.1) is 0 Å². The van der Waals surface area contributed by atoms with E-state index in [0.717, 1.165) is 33.4 Å². The van der Waals surface area contributed by atoms with E-state index in [9.17, 15) is 9.59 Å². The topological polar surface area (TPSA) is 71.1 Å². The summed E-state index contributed by atoms with van der Waals surface area (Å²) < 4.78 is 22.6. The lowest BCUT2D eigenvalue weighted by molar-refractivity contribution is -0.132. The molecular formula is C34H34O6. The van der Waals surface area contributed by atoms with Crippen LogP contribution in [0.15, 0.2) is 109 Å². The first-order valence-electron chi connectivity index (χ1n) is 12.6. The molecule has 0 aliphatic carbocycles. The van der Waals surface area contributed by atoms with Crippen molar-refractivity contribution in [3.8, 4) is 45.3 Å². The van der Waals surface area contributed by atoms with Crippen molar-refractivity contribution in [1.29, 1.82) is 0 Å². The van der Waals surface area contributed by atoms with Crippen LogP contribution in [0.5, 0.6) is 23.0 Å². The van der Waals surface area contributed by atoms with Crippen molar-refractivity contribution < 1.29 is 28.5 Å². The molecule has 6 nitrogen and oxygen atoms in total. The minimum Gasteiger partial charge on any atom is -0.485 e. The molecule has 0 aromatic heterocycles. The zero-order valence-corrected chi connectivity index (χ0v) is 23.5. The predicted octanol–water partition coefficient (Wildman–Crippen LogP) is 7.89. The molecule has 0 atom stereocenters. The lowest BCUT2D eigenvalue weighted by Crippen LogP contribution is -2.12. The average Bonchev–Trinajstić information content (AvgIpc) is 2.91. The molecule has 0 heterocycles. The van der Waals surface area contributed by atoms with Gasteiger partial charge in [-0.3, -0.25) is 0 Å². The normalized spacial score (nSPS) is 10.3. The third-order valence-corrected chi connectivity index (χ3v) is 5.49. The maximum absolute atomic E-state index is 12.2. The van der Waals surface area contributed by atoms with E-state index in [1.165, 1.54) is 6.92 Å². The number of carbonyl (C=O) groups excluding carboxylic acids is 2. The first kappa shape index (κ1) is 29.7. The van der Waals surface area contributed by atoms with Crippen molar-refractivity contribution in [3.63, 3.8) is 0 Å². The third-order valence-electron chi connectivity index (χ3n) is 5.49. The molecule has 0 aliphatic rings. The van der Waals surface area contributed by atoms with E-state index in [1.54, 1.807) is 25.1 Å². The Labute approximate surface area is 235 Å². The summed E-state index contributed by atoms with van der Waals surface area (Å²) in [6, 6.07) is 18.7. The van der Waals surface area contributed by atoms with Gasteiger partial charge in [0.05, 0.1) is 0 Å². The minimum atomic E-state index is -0.625. The zero-order chi connectivity index (χ0) is 29.4. The molecule has 0 radical (unpaired) electrons. The minimum absolute atomic E-state index is 0.105. The van der Waals surface area contributed by atoms with Gasteiger partial charge in [0.25, 0.3) is 0 Å². The Bertz CT molecular complexity index is 1480. The van der Waals surface area contributed by atoms with E-state index in [-0.39, 0.29) is 22.6 Å². The Kier molecular flexibility index (Phi) is 9.87. The second-order valence-electron chi connectivity index (χ2n) is 9.73. The summed E-state index contributed by atoms with van der Waals surface area (Å²) >= 11 is 0. The maximum Gasteiger partial charge on any atom is 0.338 e. The zero-order valence-electron chi connectivity index (χ0n) is 23.5. The molecule has 3 aromatic carbocycles. The Morgan fingerprint density at radius 1 is 0.525 bits per heavy atom. The average molecular weight is 539 g/mol. The Hall–Kier alpha value is -4.84. The molecule has 0 saturated heterocycles. The predicted molar refractivity (Wildman–Crippen MR) is 159 cm³/mol. The highest BCUT2D eigenvalue weighted by molar-refractivity contribution is 5.91. The van der Waals surface area contributed by atoms with Gasteiger partial charge in [-0.05, 0) is 85.4 Å². The molecule has 0 saturated carbocycles. The molecule has 0 unspecified atom stereocenters. The van der Waals surface area contributed by atoms with Gasteiger partial charge in [-0.15, -0.1) is 0 Å². The lowest BCUT2D eigenvalue weighted by atomic mass is 9.99. The summed E-state index contributed by atoms with van der Waals surface area (Å²) in [4.78, 5) is 24.3. The summed E-state index contributed by atoms with van der Waals surface area (Å²) in [5, 5.41) is 0. The van der Waals surface area contributed by atoms with Crippen molar-refractivity contribution in [1.82, 2.24) is 0 Å². The molecule has 6 heteroatoms. The van der Waals surface area contributed by atoms with Crippen LogP contribution in [0.1, 0.15) is 27.7 Å². The smallest absolute Gasteiger partial charge is 0.338 e. The second kappa shape index (κ2) is 13.3. The van der Waals surface area contributed by atoms with Gasteiger partial charge in [0.15, 0.2) is 23.0 Å². The van der Waals surface area contributed by atoms with Crippen LogP contribution in [0.3, 0.4) is 0 Å². The number of esters is 2. The Balaban J connectivity index is 1.92. The van der Waals surface area contributed by atoms with Crippen LogP contribution >= 0.6 is 0 Å². The van der Waals surface area contributed by atoms with Crippen molar-refractivity contribution in [2.75, 3.05) is 13.2 Å². The second-order valence-corrected chi connectivity index (χ2v) is 9.73. The molecule has 206 valence electrons. The maximum atomic E-state index is 12.2. The molecular weight excluding hydrogens is 504 g/mol. The molecule has 0 N–H and O–H groups in total. The largest absolute Gasteiger partial charge is 0.485 e. The van der Waals surface area contributed by atoms with Gasteiger partial charge in [0.2, 0.25) is 0 Å². The summed E-state index contributed by atoms with van der Waals surface area (Å²) in [5.41, 5.74) is 5.80. The monoisotopic (exact) mass is 538 g/mol. The lowest BCUT2D eigenvalue weighted by Gasteiger charge is -2.15. The molecule has 40 heavy (non-hydrogen) atoms. The molecule has 0 bridgehead atoms. The first-order chi connectivity index (χ1) is 18.9. The van der Waals surface area contributed by atoms with E-state index in [0.29, 0.717) is 24.7 Å². The van der Waals surface area contributed by atoms with Crippen molar-refractivity contribution in [2.45, 2.75) is 27.7 Å². The highest BCUT2D eigenvalue weighted by Gasteiger charge is 2.16. The fourth-order valence-electron chi connectivity index (χ4n) is 3.40. The Morgan fingerprint density at radius 2 is 0.900 bits per heavy atom. The van der Waals surface area contributed by atoms with E-state index >= 15 is 0 Å². The van der Waals surface area contributed by atoms with E-state index in [1.807, 2.05) is 56.3 Å². The fraction of sp³-hybridized carbons (Fsp3) is 0.176. The van der Waals surface area contributed by atoms with Crippen LogP contribution in [0.2, 0.25) is 0 Å². The summed E-state index contributed by atoms with van der Waals surface area (Å²) in [6.45, 7) is 22.7. The van der Waals surface area contributed by atoms with Crippen LogP contribution in [-0.2, 0) is 9.59 Å². The van der Waals surface area contributed by atoms with Crippen LogP contribution in [-0.4, -0.2) is 25.2 Å². The van der Waals surface area contributed by atoms with Gasteiger partial charge >= 0.3 is 11.9 Å². The number of benzene rings is 3.